The van der Waals surface area contributed by atoms with Crippen molar-refractivity contribution in [2.75, 3.05) is 11.4 Å². The van der Waals surface area contributed by atoms with Crippen molar-refractivity contribution in [3.8, 4) is 0 Å². The van der Waals surface area contributed by atoms with E-state index in [0.29, 0.717) is 28.6 Å². The molecular formula is C15H16Cl2N2O2. The number of nitrogens with one attached hydrogen (secondary N) is 1. The van der Waals surface area contributed by atoms with E-state index in [1.807, 2.05) is 0 Å². The molecule has 1 saturated heterocycles. The molecule has 6 heteroatoms. The number of piperazine rings is 1. The van der Waals surface area contributed by atoms with Crippen LogP contribution in [0.3, 0.4) is 0 Å². The summed E-state index contributed by atoms with van der Waals surface area (Å²) >= 11 is 11.9. The number of amides is 2. The second-order valence-corrected chi connectivity index (χ2v) is 6.50. The van der Waals surface area contributed by atoms with Crippen LogP contribution in [0.25, 0.3) is 0 Å². The van der Waals surface area contributed by atoms with E-state index in [0.717, 1.165) is 19.3 Å². The molecule has 0 aromatic heterocycles. The Morgan fingerprint density at radius 1 is 1.05 bits per heavy atom. The molecule has 1 heterocycles. The van der Waals surface area contributed by atoms with Gasteiger partial charge in [-0.15, -0.1) is 0 Å². The lowest BCUT2D eigenvalue weighted by Gasteiger charge is -2.44. The maximum atomic E-state index is 12.9. The van der Waals surface area contributed by atoms with Gasteiger partial charge in [-0.3, -0.25) is 9.59 Å². The summed E-state index contributed by atoms with van der Waals surface area (Å²) in [6.45, 7) is 0.0263. The third-order valence-electron chi connectivity index (χ3n) is 4.26. The first kappa shape index (κ1) is 14.7. The van der Waals surface area contributed by atoms with E-state index >= 15 is 0 Å². The zero-order chi connectivity index (χ0) is 15.0. The van der Waals surface area contributed by atoms with Crippen molar-refractivity contribution < 1.29 is 9.59 Å². The third-order valence-corrected chi connectivity index (χ3v) is 5.00. The SMILES string of the molecule is O=C1CN(c2ccc(Cl)c(Cl)c2)C(=O)C2(CCCCC2)N1. The van der Waals surface area contributed by atoms with Crippen LogP contribution < -0.4 is 10.2 Å². The molecule has 1 aliphatic heterocycles. The summed E-state index contributed by atoms with van der Waals surface area (Å²) in [5, 5.41) is 3.73. The number of anilines is 1. The Morgan fingerprint density at radius 2 is 1.76 bits per heavy atom. The van der Waals surface area contributed by atoms with Crippen molar-refractivity contribution in [2.45, 2.75) is 37.6 Å². The van der Waals surface area contributed by atoms with Gasteiger partial charge in [0.2, 0.25) is 5.91 Å². The number of carbonyl (C=O) groups is 2. The van der Waals surface area contributed by atoms with Crippen LogP contribution in [0.15, 0.2) is 18.2 Å². The second-order valence-electron chi connectivity index (χ2n) is 5.68. The standard InChI is InChI=1S/C15H16Cl2N2O2/c16-11-5-4-10(8-12(11)17)19-9-13(20)18-15(14(19)21)6-2-1-3-7-15/h4-5,8H,1-3,6-7,9H2,(H,18,20). The third kappa shape index (κ3) is 2.62. The van der Waals surface area contributed by atoms with Gasteiger partial charge >= 0.3 is 0 Å². The van der Waals surface area contributed by atoms with Crippen LogP contribution in [0, 0.1) is 0 Å². The lowest BCUT2D eigenvalue weighted by Crippen LogP contribution is -2.67. The molecule has 21 heavy (non-hydrogen) atoms. The van der Waals surface area contributed by atoms with Crippen LogP contribution in [0.1, 0.15) is 32.1 Å². The Labute approximate surface area is 133 Å². The summed E-state index contributed by atoms with van der Waals surface area (Å²) in [6, 6.07) is 5.00. The number of hydrogen-bond donors (Lipinski definition) is 1. The van der Waals surface area contributed by atoms with Gasteiger partial charge in [0.15, 0.2) is 0 Å². The molecule has 1 saturated carbocycles. The first-order valence-corrected chi connectivity index (χ1v) is 7.85. The Bertz CT molecular complexity index is 597. The molecular weight excluding hydrogens is 311 g/mol. The first-order chi connectivity index (χ1) is 10.0. The number of benzene rings is 1. The largest absolute Gasteiger partial charge is 0.340 e. The monoisotopic (exact) mass is 326 g/mol. The normalized spacial score (nSPS) is 21.5. The fraction of sp³-hybridized carbons (Fsp3) is 0.467. The fourth-order valence-electron chi connectivity index (χ4n) is 3.19. The van der Waals surface area contributed by atoms with Crippen molar-refractivity contribution in [1.82, 2.24) is 5.32 Å². The molecule has 1 spiro atoms. The number of hydrogen-bond acceptors (Lipinski definition) is 2. The number of halogens is 2. The average Bonchev–Trinajstić information content (AvgIpc) is 2.47. The van der Waals surface area contributed by atoms with E-state index in [-0.39, 0.29) is 18.4 Å². The van der Waals surface area contributed by atoms with E-state index < -0.39 is 5.54 Å². The molecule has 0 bridgehead atoms. The Morgan fingerprint density at radius 3 is 2.43 bits per heavy atom. The van der Waals surface area contributed by atoms with Gasteiger partial charge < -0.3 is 10.2 Å². The smallest absolute Gasteiger partial charge is 0.253 e. The predicted octanol–water partition coefficient (Wildman–Crippen LogP) is 3.16. The van der Waals surface area contributed by atoms with Crippen LogP contribution in [-0.4, -0.2) is 23.9 Å². The summed E-state index contributed by atoms with van der Waals surface area (Å²) in [4.78, 5) is 26.5. The molecule has 2 fully saturated rings. The Kier molecular flexibility index (Phi) is 3.84. The molecule has 0 atom stereocenters. The van der Waals surface area contributed by atoms with Crippen molar-refractivity contribution in [3.05, 3.63) is 28.2 Å². The summed E-state index contributed by atoms with van der Waals surface area (Å²) in [5.41, 5.74) is -0.117. The molecule has 4 nitrogen and oxygen atoms in total. The quantitative estimate of drug-likeness (QED) is 0.861. The molecule has 1 N–H and O–H groups in total. The number of carbonyl (C=O) groups excluding carboxylic acids is 2. The molecule has 112 valence electrons. The van der Waals surface area contributed by atoms with Gasteiger partial charge in [0.05, 0.1) is 10.0 Å². The van der Waals surface area contributed by atoms with E-state index in [9.17, 15) is 9.59 Å². The molecule has 1 aliphatic carbocycles. The highest BCUT2D eigenvalue weighted by atomic mass is 35.5. The molecule has 1 aromatic carbocycles. The maximum Gasteiger partial charge on any atom is 0.253 e. The number of rotatable bonds is 1. The van der Waals surface area contributed by atoms with Crippen molar-refractivity contribution in [3.63, 3.8) is 0 Å². The minimum absolute atomic E-state index is 0.0263. The molecule has 3 rings (SSSR count). The second kappa shape index (κ2) is 5.50. The lowest BCUT2D eigenvalue weighted by molar-refractivity contribution is -0.137. The highest BCUT2D eigenvalue weighted by Gasteiger charge is 2.47. The molecule has 2 aliphatic rings. The predicted molar refractivity (Wildman–Crippen MR) is 82.8 cm³/mol. The van der Waals surface area contributed by atoms with Gasteiger partial charge in [0.25, 0.3) is 5.91 Å². The van der Waals surface area contributed by atoms with E-state index in [2.05, 4.69) is 5.32 Å². The topological polar surface area (TPSA) is 49.4 Å². The first-order valence-electron chi connectivity index (χ1n) is 7.10. The van der Waals surface area contributed by atoms with Crippen LogP contribution in [-0.2, 0) is 9.59 Å². The zero-order valence-corrected chi connectivity index (χ0v) is 13.0. The zero-order valence-electron chi connectivity index (χ0n) is 11.5. The Hall–Kier alpha value is -1.26. The van der Waals surface area contributed by atoms with Gasteiger partial charge in [0, 0.05) is 5.69 Å². The van der Waals surface area contributed by atoms with E-state index in [1.165, 1.54) is 4.90 Å². The van der Waals surface area contributed by atoms with Crippen LogP contribution >= 0.6 is 23.2 Å². The van der Waals surface area contributed by atoms with Crippen LogP contribution in [0.5, 0.6) is 0 Å². The molecule has 2 amide bonds. The van der Waals surface area contributed by atoms with Gasteiger partial charge in [-0.05, 0) is 31.0 Å². The van der Waals surface area contributed by atoms with Crippen LogP contribution in [0.4, 0.5) is 5.69 Å². The molecule has 0 radical (unpaired) electrons. The molecule has 0 unspecified atom stereocenters. The van der Waals surface area contributed by atoms with Crippen LogP contribution in [0.2, 0.25) is 10.0 Å². The van der Waals surface area contributed by atoms with Gasteiger partial charge in [-0.2, -0.15) is 0 Å². The summed E-state index contributed by atoms with van der Waals surface area (Å²) < 4.78 is 0. The van der Waals surface area contributed by atoms with Gasteiger partial charge in [-0.25, -0.2) is 0 Å². The summed E-state index contributed by atoms with van der Waals surface area (Å²) in [7, 11) is 0. The maximum absolute atomic E-state index is 12.9. The van der Waals surface area contributed by atoms with Gasteiger partial charge in [0.1, 0.15) is 12.1 Å². The highest BCUT2D eigenvalue weighted by molar-refractivity contribution is 6.42. The average molecular weight is 327 g/mol. The summed E-state index contributed by atoms with van der Waals surface area (Å²) in [6.07, 6.45) is 4.44. The van der Waals surface area contributed by atoms with E-state index in [4.69, 9.17) is 23.2 Å². The fourth-order valence-corrected chi connectivity index (χ4v) is 3.48. The minimum Gasteiger partial charge on any atom is -0.340 e. The van der Waals surface area contributed by atoms with E-state index in [1.54, 1.807) is 18.2 Å². The van der Waals surface area contributed by atoms with Gasteiger partial charge in [-0.1, -0.05) is 42.5 Å². The number of nitrogens with zero attached hydrogens (tertiary/aromatic N) is 1. The highest BCUT2D eigenvalue weighted by Crippen LogP contribution is 2.35. The summed E-state index contributed by atoms with van der Waals surface area (Å²) in [5.74, 6) is -0.164. The van der Waals surface area contributed by atoms with Crippen molar-refractivity contribution >= 4 is 40.7 Å². The van der Waals surface area contributed by atoms with Crippen molar-refractivity contribution in [2.24, 2.45) is 0 Å². The molecule has 1 aromatic rings. The minimum atomic E-state index is -0.736. The lowest BCUT2D eigenvalue weighted by atomic mass is 9.79. The Balaban J connectivity index is 1.95. The van der Waals surface area contributed by atoms with Crippen molar-refractivity contribution in [1.29, 1.82) is 0 Å².